The van der Waals surface area contributed by atoms with E-state index in [4.69, 9.17) is 4.52 Å². The summed E-state index contributed by atoms with van der Waals surface area (Å²) in [6.07, 6.45) is 4.43. The Labute approximate surface area is 96.8 Å². The number of nitrogens with zero attached hydrogens (tertiary/aromatic N) is 2. The lowest BCUT2D eigenvalue weighted by atomic mass is 9.91. The molecule has 4 nitrogen and oxygen atoms in total. The number of piperidine rings is 1. The van der Waals surface area contributed by atoms with Crippen LogP contribution in [0.4, 0.5) is 0 Å². The Morgan fingerprint density at radius 2 is 2.25 bits per heavy atom. The van der Waals surface area contributed by atoms with Crippen LogP contribution in [0.1, 0.15) is 51.7 Å². The lowest BCUT2D eigenvalue weighted by molar-refractivity contribution is 0.206. The zero-order valence-corrected chi connectivity index (χ0v) is 10.4. The molecule has 2 heterocycles. The Morgan fingerprint density at radius 3 is 2.88 bits per heavy atom. The minimum atomic E-state index is -0.111. The van der Waals surface area contributed by atoms with Crippen LogP contribution < -0.4 is 5.32 Å². The van der Waals surface area contributed by atoms with Gasteiger partial charge in [-0.3, -0.25) is 0 Å². The number of hydrogen-bond donors (Lipinski definition) is 1. The Bertz CT molecular complexity index is 340. The molecule has 1 aromatic heterocycles. The molecule has 1 N–H and O–H groups in total. The first kappa shape index (κ1) is 11.6. The van der Waals surface area contributed by atoms with Crippen LogP contribution in [0.5, 0.6) is 0 Å². The molecule has 0 bridgehead atoms. The van der Waals surface area contributed by atoms with E-state index in [0.29, 0.717) is 5.92 Å². The van der Waals surface area contributed by atoms with Crippen LogP contribution in [-0.4, -0.2) is 16.7 Å². The van der Waals surface area contributed by atoms with Gasteiger partial charge in [-0.2, -0.15) is 4.98 Å². The SMILES string of the molecule is CC(C)Cc1noc(C2(C)CCCCN2)n1. The fourth-order valence-corrected chi connectivity index (χ4v) is 2.16. The van der Waals surface area contributed by atoms with Crippen molar-refractivity contribution in [3.8, 4) is 0 Å². The molecule has 0 aromatic carbocycles. The summed E-state index contributed by atoms with van der Waals surface area (Å²) in [5.41, 5.74) is -0.111. The van der Waals surface area contributed by atoms with Gasteiger partial charge in [0.2, 0.25) is 5.89 Å². The predicted octanol–water partition coefficient (Wildman–Crippen LogP) is 2.26. The van der Waals surface area contributed by atoms with Crippen LogP contribution in [0, 0.1) is 5.92 Å². The van der Waals surface area contributed by atoms with E-state index in [1.165, 1.54) is 12.8 Å². The molecule has 0 saturated carbocycles. The topological polar surface area (TPSA) is 51.0 Å². The van der Waals surface area contributed by atoms with Crippen molar-refractivity contribution in [2.24, 2.45) is 5.92 Å². The molecule has 1 saturated heterocycles. The highest BCUT2D eigenvalue weighted by Crippen LogP contribution is 2.28. The fourth-order valence-electron chi connectivity index (χ4n) is 2.16. The van der Waals surface area contributed by atoms with Crippen LogP contribution in [0.3, 0.4) is 0 Å². The average Bonchev–Trinajstić information content (AvgIpc) is 2.67. The van der Waals surface area contributed by atoms with E-state index < -0.39 is 0 Å². The molecule has 0 radical (unpaired) electrons. The summed E-state index contributed by atoms with van der Waals surface area (Å²) in [4.78, 5) is 4.51. The molecule has 1 unspecified atom stereocenters. The highest BCUT2D eigenvalue weighted by atomic mass is 16.5. The summed E-state index contributed by atoms with van der Waals surface area (Å²) in [6.45, 7) is 7.52. The zero-order chi connectivity index (χ0) is 11.6. The maximum atomic E-state index is 5.38. The van der Waals surface area contributed by atoms with E-state index in [0.717, 1.165) is 31.1 Å². The van der Waals surface area contributed by atoms with E-state index in [1.807, 2.05) is 0 Å². The molecule has 1 aromatic rings. The van der Waals surface area contributed by atoms with E-state index in [2.05, 4.69) is 36.2 Å². The highest BCUT2D eigenvalue weighted by molar-refractivity contribution is 5.03. The Kier molecular flexibility index (Phi) is 3.28. The molecule has 1 atom stereocenters. The molecule has 1 fully saturated rings. The average molecular weight is 223 g/mol. The molecule has 1 aliphatic heterocycles. The van der Waals surface area contributed by atoms with Crippen LogP contribution in [0.25, 0.3) is 0 Å². The third-order valence-corrected chi connectivity index (χ3v) is 3.15. The quantitative estimate of drug-likeness (QED) is 0.854. The number of nitrogens with one attached hydrogen (secondary N) is 1. The summed E-state index contributed by atoms with van der Waals surface area (Å²) in [6, 6.07) is 0. The first-order valence-electron chi connectivity index (χ1n) is 6.18. The van der Waals surface area contributed by atoms with Gasteiger partial charge in [0.15, 0.2) is 5.82 Å². The fraction of sp³-hybridized carbons (Fsp3) is 0.833. The van der Waals surface area contributed by atoms with Crippen molar-refractivity contribution >= 4 is 0 Å². The third kappa shape index (κ3) is 2.43. The van der Waals surface area contributed by atoms with Crippen LogP contribution in [0.15, 0.2) is 4.52 Å². The molecular formula is C12H21N3O. The Morgan fingerprint density at radius 1 is 1.44 bits per heavy atom. The molecule has 16 heavy (non-hydrogen) atoms. The van der Waals surface area contributed by atoms with Gasteiger partial charge in [-0.15, -0.1) is 0 Å². The zero-order valence-electron chi connectivity index (χ0n) is 10.4. The van der Waals surface area contributed by atoms with E-state index in [9.17, 15) is 0 Å². The van der Waals surface area contributed by atoms with Crippen molar-refractivity contribution in [3.63, 3.8) is 0 Å². The van der Waals surface area contributed by atoms with Crippen molar-refractivity contribution in [2.75, 3.05) is 6.54 Å². The predicted molar refractivity (Wildman–Crippen MR) is 62.0 cm³/mol. The first-order valence-corrected chi connectivity index (χ1v) is 6.18. The largest absolute Gasteiger partial charge is 0.337 e. The second-order valence-electron chi connectivity index (χ2n) is 5.33. The summed E-state index contributed by atoms with van der Waals surface area (Å²) in [7, 11) is 0. The molecule has 2 rings (SSSR count). The molecule has 0 aliphatic carbocycles. The van der Waals surface area contributed by atoms with Crippen molar-refractivity contribution < 1.29 is 4.52 Å². The van der Waals surface area contributed by atoms with Gasteiger partial charge in [0.25, 0.3) is 0 Å². The van der Waals surface area contributed by atoms with Crippen LogP contribution in [-0.2, 0) is 12.0 Å². The van der Waals surface area contributed by atoms with E-state index in [1.54, 1.807) is 0 Å². The van der Waals surface area contributed by atoms with Crippen LogP contribution >= 0.6 is 0 Å². The summed E-state index contributed by atoms with van der Waals surface area (Å²) >= 11 is 0. The normalized spacial score (nSPS) is 26.2. The summed E-state index contributed by atoms with van der Waals surface area (Å²) in [5.74, 6) is 2.15. The summed E-state index contributed by atoms with van der Waals surface area (Å²) in [5, 5.41) is 7.53. The number of aromatic nitrogens is 2. The van der Waals surface area contributed by atoms with Gasteiger partial charge in [0, 0.05) is 6.42 Å². The Hall–Kier alpha value is -0.900. The standard InChI is InChI=1S/C12H21N3O/c1-9(2)8-10-14-11(16-15-10)12(3)6-4-5-7-13-12/h9,13H,4-8H2,1-3H3. The number of hydrogen-bond acceptors (Lipinski definition) is 4. The second-order valence-corrected chi connectivity index (χ2v) is 5.33. The molecule has 4 heteroatoms. The molecular weight excluding hydrogens is 202 g/mol. The second kappa shape index (κ2) is 4.53. The lowest BCUT2D eigenvalue weighted by Gasteiger charge is -2.31. The molecule has 0 spiro atoms. The lowest BCUT2D eigenvalue weighted by Crippen LogP contribution is -2.43. The van der Waals surface area contributed by atoms with Crippen LogP contribution in [0.2, 0.25) is 0 Å². The maximum Gasteiger partial charge on any atom is 0.246 e. The molecule has 90 valence electrons. The molecule has 1 aliphatic rings. The van der Waals surface area contributed by atoms with Crippen molar-refractivity contribution in [1.29, 1.82) is 0 Å². The van der Waals surface area contributed by atoms with Gasteiger partial charge in [-0.1, -0.05) is 19.0 Å². The van der Waals surface area contributed by atoms with Crippen molar-refractivity contribution in [3.05, 3.63) is 11.7 Å². The van der Waals surface area contributed by atoms with Gasteiger partial charge in [-0.25, -0.2) is 0 Å². The van der Waals surface area contributed by atoms with Crippen molar-refractivity contribution in [2.45, 2.75) is 52.0 Å². The maximum absolute atomic E-state index is 5.38. The molecule has 0 amide bonds. The Balaban J connectivity index is 2.10. The van der Waals surface area contributed by atoms with Crippen molar-refractivity contribution in [1.82, 2.24) is 15.5 Å². The van der Waals surface area contributed by atoms with Gasteiger partial charge in [0.1, 0.15) is 0 Å². The van der Waals surface area contributed by atoms with E-state index >= 15 is 0 Å². The van der Waals surface area contributed by atoms with Gasteiger partial charge < -0.3 is 9.84 Å². The first-order chi connectivity index (χ1) is 7.60. The van der Waals surface area contributed by atoms with Gasteiger partial charge in [-0.05, 0) is 38.6 Å². The minimum Gasteiger partial charge on any atom is -0.337 e. The number of rotatable bonds is 3. The summed E-state index contributed by atoms with van der Waals surface area (Å²) < 4.78 is 5.38. The smallest absolute Gasteiger partial charge is 0.246 e. The monoisotopic (exact) mass is 223 g/mol. The van der Waals surface area contributed by atoms with E-state index in [-0.39, 0.29) is 5.54 Å². The van der Waals surface area contributed by atoms with Gasteiger partial charge in [0.05, 0.1) is 5.54 Å². The third-order valence-electron chi connectivity index (χ3n) is 3.15. The minimum absolute atomic E-state index is 0.111. The highest BCUT2D eigenvalue weighted by Gasteiger charge is 2.34. The van der Waals surface area contributed by atoms with Gasteiger partial charge >= 0.3 is 0 Å².